The van der Waals surface area contributed by atoms with Gasteiger partial charge in [-0.05, 0) is 47.7 Å². The Labute approximate surface area is 164 Å². The van der Waals surface area contributed by atoms with Gasteiger partial charge in [-0.25, -0.2) is 0 Å². The second-order valence-corrected chi connectivity index (χ2v) is 7.11. The Morgan fingerprint density at radius 3 is 2.37 bits per heavy atom. The largest absolute Gasteiger partial charge is 0.494 e. The van der Waals surface area contributed by atoms with Crippen LogP contribution >= 0.6 is 0 Å². The molecule has 0 spiro atoms. The van der Waals surface area contributed by atoms with E-state index in [-0.39, 0.29) is 11.7 Å². The van der Waals surface area contributed by atoms with Gasteiger partial charge in [0.15, 0.2) is 5.78 Å². The van der Waals surface area contributed by atoms with Crippen molar-refractivity contribution in [3.63, 3.8) is 0 Å². The van der Waals surface area contributed by atoms with E-state index in [1.807, 2.05) is 44.2 Å². The number of unbranched alkanes of at least 4 members (excludes halogenated alkanes) is 3. The van der Waals surface area contributed by atoms with E-state index in [0.29, 0.717) is 0 Å². The van der Waals surface area contributed by atoms with Crippen LogP contribution in [-0.2, 0) is 0 Å². The predicted molar refractivity (Wildman–Crippen MR) is 115 cm³/mol. The van der Waals surface area contributed by atoms with Crippen LogP contribution in [0.4, 0.5) is 0 Å². The summed E-state index contributed by atoms with van der Waals surface area (Å²) in [7, 11) is 0. The maximum atomic E-state index is 12.5. The zero-order chi connectivity index (χ0) is 19.6. The summed E-state index contributed by atoms with van der Waals surface area (Å²) in [5.41, 5.74) is 3.85. The quantitative estimate of drug-likeness (QED) is 0.312. The molecule has 0 saturated carbocycles. The fourth-order valence-corrected chi connectivity index (χ4v) is 3.05. The molecule has 0 fully saturated rings. The molecule has 0 aromatic heterocycles. The van der Waals surface area contributed by atoms with Crippen LogP contribution in [0.1, 0.15) is 68.8 Å². The van der Waals surface area contributed by atoms with Crippen molar-refractivity contribution < 1.29 is 9.53 Å². The molecular formula is C25H32O2. The van der Waals surface area contributed by atoms with Crippen LogP contribution in [0.5, 0.6) is 5.75 Å². The summed E-state index contributed by atoms with van der Waals surface area (Å²) in [6, 6.07) is 14.2. The summed E-state index contributed by atoms with van der Waals surface area (Å²) in [4.78, 5) is 12.5. The molecule has 2 aromatic carbocycles. The van der Waals surface area contributed by atoms with E-state index in [1.54, 1.807) is 6.08 Å². The van der Waals surface area contributed by atoms with E-state index in [2.05, 4.69) is 25.6 Å². The number of hydrogen-bond acceptors (Lipinski definition) is 2. The van der Waals surface area contributed by atoms with Crippen LogP contribution in [0.25, 0.3) is 17.2 Å². The number of ketones is 1. The Morgan fingerprint density at radius 2 is 1.74 bits per heavy atom. The molecule has 27 heavy (non-hydrogen) atoms. The van der Waals surface area contributed by atoms with Gasteiger partial charge in [-0.1, -0.05) is 77.0 Å². The highest BCUT2D eigenvalue weighted by atomic mass is 16.5. The summed E-state index contributed by atoms with van der Waals surface area (Å²) >= 11 is 0. The third kappa shape index (κ3) is 5.82. The first-order valence-corrected chi connectivity index (χ1v) is 10.1. The zero-order valence-electron chi connectivity index (χ0n) is 17.0. The van der Waals surface area contributed by atoms with Crippen molar-refractivity contribution in [2.45, 2.75) is 52.9 Å². The lowest BCUT2D eigenvalue weighted by molar-refractivity contribution is 0.0927. The lowest BCUT2D eigenvalue weighted by atomic mass is 9.91. The smallest absolute Gasteiger partial charge is 0.166 e. The molecule has 0 bridgehead atoms. The van der Waals surface area contributed by atoms with Crippen molar-refractivity contribution in [3.8, 4) is 16.9 Å². The third-order valence-electron chi connectivity index (χ3n) is 5.05. The molecule has 0 amide bonds. The Hall–Kier alpha value is -2.35. The van der Waals surface area contributed by atoms with Crippen molar-refractivity contribution in [2.24, 2.45) is 5.92 Å². The molecule has 144 valence electrons. The summed E-state index contributed by atoms with van der Waals surface area (Å²) < 4.78 is 5.82. The highest BCUT2D eigenvalue weighted by Gasteiger charge is 2.16. The molecule has 0 aliphatic heterocycles. The minimum Gasteiger partial charge on any atom is -0.494 e. The second kappa shape index (κ2) is 10.7. The summed E-state index contributed by atoms with van der Waals surface area (Å²) in [5.74, 6) is 1.12. The summed E-state index contributed by atoms with van der Waals surface area (Å²) in [6.45, 7) is 10.9. The third-order valence-corrected chi connectivity index (χ3v) is 5.05. The minimum atomic E-state index is 0.0308. The zero-order valence-corrected chi connectivity index (χ0v) is 17.0. The molecule has 2 heteroatoms. The van der Waals surface area contributed by atoms with Crippen LogP contribution < -0.4 is 4.74 Å². The first-order valence-electron chi connectivity index (χ1n) is 10.1. The average Bonchev–Trinajstić information content (AvgIpc) is 2.72. The van der Waals surface area contributed by atoms with Crippen molar-refractivity contribution in [3.05, 3.63) is 60.2 Å². The number of carbonyl (C=O) groups is 1. The van der Waals surface area contributed by atoms with Gasteiger partial charge in [0.05, 0.1) is 6.61 Å². The monoisotopic (exact) mass is 364 g/mol. The molecule has 0 aliphatic carbocycles. The fourth-order valence-electron chi connectivity index (χ4n) is 3.05. The van der Waals surface area contributed by atoms with Crippen molar-refractivity contribution in [1.82, 2.24) is 0 Å². The van der Waals surface area contributed by atoms with E-state index < -0.39 is 0 Å². The SMILES string of the molecule is C=Cc1cc(-c2ccc(OCCCCCC)cc2)ccc1C(=O)[C@@H](C)CC. The summed E-state index contributed by atoms with van der Waals surface area (Å²) in [5, 5.41) is 0. The van der Waals surface area contributed by atoms with Crippen molar-refractivity contribution in [1.29, 1.82) is 0 Å². The molecule has 2 aromatic rings. The number of benzene rings is 2. The number of carbonyl (C=O) groups excluding carboxylic acids is 1. The van der Waals surface area contributed by atoms with Crippen LogP contribution in [-0.4, -0.2) is 12.4 Å². The van der Waals surface area contributed by atoms with Gasteiger partial charge >= 0.3 is 0 Å². The predicted octanol–water partition coefficient (Wildman–Crippen LogP) is 7.18. The fraction of sp³-hybridized carbons (Fsp3) is 0.400. The molecule has 2 nitrogen and oxygen atoms in total. The van der Waals surface area contributed by atoms with Crippen LogP contribution in [0, 0.1) is 5.92 Å². The Bertz CT molecular complexity index is 743. The number of hydrogen-bond donors (Lipinski definition) is 0. The Morgan fingerprint density at radius 1 is 1.04 bits per heavy atom. The molecule has 0 heterocycles. The van der Waals surface area contributed by atoms with Gasteiger partial charge in [0, 0.05) is 11.5 Å². The van der Waals surface area contributed by atoms with Crippen molar-refractivity contribution in [2.75, 3.05) is 6.61 Å². The Kier molecular flexibility index (Phi) is 8.32. The highest BCUT2D eigenvalue weighted by Crippen LogP contribution is 2.27. The first kappa shape index (κ1) is 21.0. The maximum absolute atomic E-state index is 12.5. The standard InChI is InChI=1S/C25H32O2/c1-5-8-9-10-17-27-23-14-11-21(12-15-23)22-13-16-24(20(7-3)18-22)25(26)19(4)6-2/h7,11-16,18-19H,3,5-6,8-10,17H2,1-2,4H3/t19-/m0/s1. The van der Waals surface area contributed by atoms with E-state index in [1.165, 1.54) is 19.3 Å². The van der Waals surface area contributed by atoms with E-state index in [4.69, 9.17) is 4.74 Å². The molecule has 1 atom stereocenters. The van der Waals surface area contributed by atoms with Gasteiger partial charge in [0.2, 0.25) is 0 Å². The van der Waals surface area contributed by atoms with Gasteiger partial charge in [-0.3, -0.25) is 4.79 Å². The van der Waals surface area contributed by atoms with Crippen LogP contribution in [0.2, 0.25) is 0 Å². The van der Waals surface area contributed by atoms with Gasteiger partial charge in [0.25, 0.3) is 0 Å². The molecule has 0 N–H and O–H groups in total. The lowest BCUT2D eigenvalue weighted by Crippen LogP contribution is -2.11. The second-order valence-electron chi connectivity index (χ2n) is 7.11. The average molecular weight is 365 g/mol. The highest BCUT2D eigenvalue weighted by molar-refractivity contribution is 6.01. The van der Waals surface area contributed by atoms with E-state index >= 15 is 0 Å². The van der Waals surface area contributed by atoms with Crippen LogP contribution in [0.15, 0.2) is 49.0 Å². The lowest BCUT2D eigenvalue weighted by Gasteiger charge is -2.12. The molecular weight excluding hydrogens is 332 g/mol. The molecule has 0 aliphatic rings. The maximum Gasteiger partial charge on any atom is 0.166 e. The van der Waals surface area contributed by atoms with E-state index in [0.717, 1.165) is 47.5 Å². The van der Waals surface area contributed by atoms with Crippen molar-refractivity contribution >= 4 is 11.9 Å². The number of rotatable bonds is 11. The van der Waals surface area contributed by atoms with Gasteiger partial charge in [-0.15, -0.1) is 0 Å². The molecule has 2 rings (SSSR count). The van der Waals surface area contributed by atoms with Gasteiger partial charge in [0.1, 0.15) is 5.75 Å². The normalized spacial score (nSPS) is 11.8. The van der Waals surface area contributed by atoms with Gasteiger partial charge in [-0.2, -0.15) is 0 Å². The topological polar surface area (TPSA) is 26.3 Å². The number of ether oxygens (including phenoxy) is 1. The number of Topliss-reactive ketones (excluding diaryl/α,β-unsaturated/α-hetero) is 1. The Balaban J connectivity index is 2.09. The first-order chi connectivity index (χ1) is 13.1. The van der Waals surface area contributed by atoms with E-state index in [9.17, 15) is 4.79 Å². The van der Waals surface area contributed by atoms with Gasteiger partial charge < -0.3 is 4.74 Å². The molecule has 0 unspecified atom stereocenters. The molecule has 0 radical (unpaired) electrons. The van der Waals surface area contributed by atoms with Crippen LogP contribution in [0.3, 0.4) is 0 Å². The summed E-state index contributed by atoms with van der Waals surface area (Å²) in [6.07, 6.45) is 7.45. The minimum absolute atomic E-state index is 0.0308. The molecule has 0 saturated heterocycles.